The molecule has 0 bridgehead atoms. The molecule has 7 heteroatoms. The van der Waals surface area contributed by atoms with Crippen LogP contribution in [0.4, 0.5) is 4.39 Å². The molecule has 3 rings (SSSR count). The lowest BCUT2D eigenvalue weighted by Gasteiger charge is -2.31. The van der Waals surface area contributed by atoms with Crippen LogP contribution in [0.25, 0.3) is 11.4 Å². The molecule has 2 heterocycles. The van der Waals surface area contributed by atoms with Crippen LogP contribution in [-0.2, 0) is 11.2 Å². The third-order valence-electron chi connectivity index (χ3n) is 4.17. The Bertz CT molecular complexity index is 731. The Morgan fingerprint density at radius 1 is 1.50 bits per heavy atom. The minimum atomic E-state index is -0.304. The minimum absolute atomic E-state index is 0.0875. The first kappa shape index (κ1) is 16.6. The van der Waals surface area contributed by atoms with E-state index in [1.54, 1.807) is 19.1 Å². The van der Waals surface area contributed by atoms with Crippen molar-refractivity contribution in [2.24, 2.45) is 0 Å². The Morgan fingerprint density at radius 3 is 3.08 bits per heavy atom. The Morgan fingerprint density at radius 2 is 2.33 bits per heavy atom. The normalized spacial score (nSPS) is 18.0. The highest BCUT2D eigenvalue weighted by atomic mass is 19.1. The number of carbonyl (C=O) groups excluding carboxylic acids is 1. The highest BCUT2D eigenvalue weighted by Crippen LogP contribution is 2.19. The summed E-state index contributed by atoms with van der Waals surface area (Å²) in [5.41, 5.74) is 1.13. The second-order valence-corrected chi connectivity index (χ2v) is 6.17. The molecule has 1 saturated heterocycles. The van der Waals surface area contributed by atoms with Crippen LogP contribution in [0.1, 0.15) is 24.8 Å². The van der Waals surface area contributed by atoms with Gasteiger partial charge in [-0.3, -0.25) is 4.79 Å². The lowest BCUT2D eigenvalue weighted by atomic mass is 10.1. The molecule has 1 aliphatic heterocycles. The zero-order valence-corrected chi connectivity index (χ0v) is 13.9. The quantitative estimate of drug-likeness (QED) is 0.926. The molecule has 1 aromatic carbocycles. The van der Waals surface area contributed by atoms with Crippen LogP contribution >= 0.6 is 0 Å². The van der Waals surface area contributed by atoms with E-state index in [1.165, 1.54) is 6.07 Å². The Kier molecular flexibility index (Phi) is 4.89. The molecule has 1 aliphatic rings. The van der Waals surface area contributed by atoms with Gasteiger partial charge in [0, 0.05) is 44.1 Å². The van der Waals surface area contributed by atoms with Gasteiger partial charge in [-0.1, -0.05) is 17.3 Å². The second-order valence-electron chi connectivity index (χ2n) is 6.17. The molecule has 24 heavy (non-hydrogen) atoms. The van der Waals surface area contributed by atoms with Crippen LogP contribution in [0.3, 0.4) is 0 Å². The standard InChI is InChI=1S/C17H21FN4O2/c1-11-3-4-13(9-14(11)18)17-20-15(24-21-17)5-6-16(23)22-8-7-19-12(2)10-22/h3-4,9,12,19H,5-8,10H2,1-2H3. The summed E-state index contributed by atoms with van der Waals surface area (Å²) >= 11 is 0. The lowest BCUT2D eigenvalue weighted by Crippen LogP contribution is -2.51. The van der Waals surface area contributed by atoms with Crippen molar-refractivity contribution >= 4 is 5.91 Å². The van der Waals surface area contributed by atoms with E-state index in [0.29, 0.717) is 41.7 Å². The molecule has 1 amide bonds. The van der Waals surface area contributed by atoms with Crippen LogP contribution in [0, 0.1) is 12.7 Å². The van der Waals surface area contributed by atoms with Crippen molar-refractivity contribution in [3.05, 3.63) is 35.5 Å². The molecule has 0 spiro atoms. The van der Waals surface area contributed by atoms with Crippen LogP contribution in [0.2, 0.25) is 0 Å². The van der Waals surface area contributed by atoms with Crippen molar-refractivity contribution in [2.75, 3.05) is 19.6 Å². The predicted molar refractivity (Wildman–Crippen MR) is 86.8 cm³/mol. The van der Waals surface area contributed by atoms with E-state index < -0.39 is 0 Å². The highest BCUT2D eigenvalue weighted by molar-refractivity contribution is 5.76. The molecule has 128 valence electrons. The predicted octanol–water partition coefficient (Wildman–Crippen LogP) is 1.94. The summed E-state index contributed by atoms with van der Waals surface area (Å²) in [7, 11) is 0. The summed E-state index contributed by atoms with van der Waals surface area (Å²) in [5, 5.41) is 7.18. The second kappa shape index (κ2) is 7.09. The average molecular weight is 332 g/mol. The van der Waals surface area contributed by atoms with Gasteiger partial charge in [0.05, 0.1) is 0 Å². The molecule has 1 atom stereocenters. The average Bonchev–Trinajstić information content (AvgIpc) is 3.04. The number of halogens is 1. The number of nitrogens with one attached hydrogen (secondary N) is 1. The van der Waals surface area contributed by atoms with Crippen molar-refractivity contribution < 1.29 is 13.7 Å². The van der Waals surface area contributed by atoms with Gasteiger partial charge in [-0.15, -0.1) is 0 Å². The number of carbonyl (C=O) groups is 1. The fourth-order valence-corrected chi connectivity index (χ4v) is 2.74. The van der Waals surface area contributed by atoms with Crippen LogP contribution in [-0.4, -0.2) is 46.6 Å². The van der Waals surface area contributed by atoms with Gasteiger partial charge < -0.3 is 14.7 Å². The summed E-state index contributed by atoms with van der Waals surface area (Å²) in [6.07, 6.45) is 0.717. The number of nitrogens with zero attached hydrogens (tertiary/aromatic N) is 3. The fourth-order valence-electron chi connectivity index (χ4n) is 2.74. The number of aromatic nitrogens is 2. The smallest absolute Gasteiger partial charge is 0.227 e. The lowest BCUT2D eigenvalue weighted by molar-refractivity contribution is -0.132. The maximum absolute atomic E-state index is 13.6. The molecular formula is C17H21FN4O2. The van der Waals surface area contributed by atoms with E-state index in [-0.39, 0.29) is 11.7 Å². The number of piperazine rings is 1. The maximum Gasteiger partial charge on any atom is 0.227 e. The summed E-state index contributed by atoms with van der Waals surface area (Å²) in [6.45, 7) is 6.02. The molecule has 0 radical (unpaired) electrons. The van der Waals surface area contributed by atoms with Gasteiger partial charge in [-0.2, -0.15) is 4.98 Å². The van der Waals surface area contributed by atoms with Crippen molar-refractivity contribution in [3.8, 4) is 11.4 Å². The molecule has 0 saturated carbocycles. The van der Waals surface area contributed by atoms with Gasteiger partial charge in [-0.25, -0.2) is 4.39 Å². The van der Waals surface area contributed by atoms with E-state index in [0.717, 1.165) is 19.6 Å². The molecule has 1 N–H and O–H groups in total. The summed E-state index contributed by atoms with van der Waals surface area (Å²) in [4.78, 5) is 18.3. The zero-order valence-electron chi connectivity index (χ0n) is 13.9. The molecule has 1 unspecified atom stereocenters. The summed E-state index contributed by atoms with van der Waals surface area (Å²) in [6, 6.07) is 5.13. The van der Waals surface area contributed by atoms with Gasteiger partial charge in [0.2, 0.25) is 17.6 Å². The molecule has 1 aromatic heterocycles. The van der Waals surface area contributed by atoms with Gasteiger partial charge in [0.1, 0.15) is 5.82 Å². The maximum atomic E-state index is 13.6. The largest absolute Gasteiger partial charge is 0.340 e. The third kappa shape index (κ3) is 3.79. The number of hydrogen-bond donors (Lipinski definition) is 1. The first-order chi connectivity index (χ1) is 11.5. The Balaban J connectivity index is 1.59. The molecule has 0 aliphatic carbocycles. The van der Waals surface area contributed by atoms with E-state index in [1.807, 2.05) is 4.90 Å². The van der Waals surface area contributed by atoms with Crippen LogP contribution < -0.4 is 5.32 Å². The van der Waals surface area contributed by atoms with E-state index in [4.69, 9.17) is 4.52 Å². The number of amides is 1. The van der Waals surface area contributed by atoms with Crippen LogP contribution in [0.5, 0.6) is 0 Å². The number of benzene rings is 1. The van der Waals surface area contributed by atoms with E-state index in [2.05, 4.69) is 22.4 Å². The molecular weight excluding hydrogens is 311 g/mol. The Labute approximate surface area is 140 Å². The van der Waals surface area contributed by atoms with Crippen molar-refractivity contribution in [1.82, 2.24) is 20.4 Å². The van der Waals surface area contributed by atoms with Gasteiger partial charge in [0.15, 0.2) is 0 Å². The SMILES string of the molecule is Cc1ccc(-c2noc(CCC(=O)N3CCNC(C)C3)n2)cc1F. The monoisotopic (exact) mass is 332 g/mol. The summed E-state index contributed by atoms with van der Waals surface area (Å²) < 4.78 is 18.8. The van der Waals surface area contributed by atoms with E-state index >= 15 is 0 Å². The topological polar surface area (TPSA) is 71.3 Å². The van der Waals surface area contributed by atoms with Gasteiger partial charge >= 0.3 is 0 Å². The molecule has 2 aromatic rings. The van der Waals surface area contributed by atoms with E-state index in [9.17, 15) is 9.18 Å². The minimum Gasteiger partial charge on any atom is -0.340 e. The van der Waals surface area contributed by atoms with Crippen molar-refractivity contribution in [3.63, 3.8) is 0 Å². The zero-order chi connectivity index (χ0) is 17.1. The van der Waals surface area contributed by atoms with Gasteiger partial charge in [0.25, 0.3) is 0 Å². The molecule has 1 fully saturated rings. The highest BCUT2D eigenvalue weighted by Gasteiger charge is 2.21. The fraction of sp³-hybridized carbons (Fsp3) is 0.471. The van der Waals surface area contributed by atoms with Crippen molar-refractivity contribution in [2.45, 2.75) is 32.7 Å². The van der Waals surface area contributed by atoms with Gasteiger partial charge in [-0.05, 0) is 25.5 Å². The number of hydrogen-bond acceptors (Lipinski definition) is 5. The first-order valence-corrected chi connectivity index (χ1v) is 8.13. The van der Waals surface area contributed by atoms with Crippen LogP contribution in [0.15, 0.2) is 22.7 Å². The number of aryl methyl sites for hydroxylation is 2. The number of rotatable bonds is 4. The summed E-state index contributed by atoms with van der Waals surface area (Å²) in [5.74, 6) is 0.515. The Hall–Kier alpha value is -2.28. The molecule has 6 nitrogen and oxygen atoms in total. The van der Waals surface area contributed by atoms with Crippen molar-refractivity contribution in [1.29, 1.82) is 0 Å². The first-order valence-electron chi connectivity index (χ1n) is 8.13. The third-order valence-corrected chi connectivity index (χ3v) is 4.17.